The molecule has 0 spiro atoms. The van der Waals surface area contributed by atoms with Crippen molar-refractivity contribution in [2.75, 3.05) is 42.5 Å². The Balaban J connectivity index is 1.69. The highest BCUT2D eigenvalue weighted by Crippen LogP contribution is 2.33. The zero-order chi connectivity index (χ0) is 18.2. The number of pyridine rings is 1. The number of carbonyl (C=O) groups is 2. The highest BCUT2D eigenvalue weighted by atomic mass is 35.5. The van der Waals surface area contributed by atoms with Crippen LogP contribution in [0.3, 0.4) is 0 Å². The van der Waals surface area contributed by atoms with Gasteiger partial charge in [-0.3, -0.25) is 4.79 Å². The number of β-lactam (4-membered cyclic amide) rings is 1. The van der Waals surface area contributed by atoms with Crippen molar-refractivity contribution in [2.45, 2.75) is 32.8 Å². The molecule has 2 fully saturated rings. The maximum atomic E-state index is 12.2. The highest BCUT2D eigenvalue weighted by Gasteiger charge is 2.32. The van der Waals surface area contributed by atoms with Crippen LogP contribution < -0.4 is 9.80 Å². The number of amides is 2. The third-order valence-electron chi connectivity index (χ3n) is 4.19. The molecule has 136 valence electrons. The second-order valence-corrected chi connectivity index (χ2v) is 7.68. The molecule has 2 aliphatic rings. The molecule has 0 atom stereocenters. The molecule has 0 bridgehead atoms. The zero-order valence-corrected chi connectivity index (χ0v) is 15.5. The van der Waals surface area contributed by atoms with Crippen molar-refractivity contribution < 1.29 is 14.3 Å². The maximum Gasteiger partial charge on any atom is 0.410 e. The Labute approximate surface area is 152 Å². The van der Waals surface area contributed by atoms with Crippen LogP contribution in [0.4, 0.5) is 16.3 Å². The Morgan fingerprint density at radius 2 is 1.88 bits per heavy atom. The summed E-state index contributed by atoms with van der Waals surface area (Å²) in [4.78, 5) is 33.9. The van der Waals surface area contributed by atoms with Gasteiger partial charge in [-0.1, -0.05) is 11.6 Å². The third-order valence-corrected chi connectivity index (χ3v) is 4.39. The number of carbonyl (C=O) groups excluding carboxylic acids is 2. The Kier molecular flexibility index (Phi) is 4.77. The Bertz CT molecular complexity index is 681. The zero-order valence-electron chi connectivity index (χ0n) is 14.8. The van der Waals surface area contributed by atoms with E-state index in [0.717, 1.165) is 11.5 Å². The molecule has 8 heteroatoms. The summed E-state index contributed by atoms with van der Waals surface area (Å²) in [5.41, 5.74) is 0.242. The van der Waals surface area contributed by atoms with E-state index in [-0.39, 0.29) is 12.0 Å². The summed E-state index contributed by atoms with van der Waals surface area (Å²) in [6.07, 6.45) is 1.85. The van der Waals surface area contributed by atoms with Gasteiger partial charge in [0.05, 0.1) is 10.7 Å². The second-order valence-electron chi connectivity index (χ2n) is 7.25. The summed E-state index contributed by atoms with van der Waals surface area (Å²) in [7, 11) is 0. The van der Waals surface area contributed by atoms with E-state index < -0.39 is 5.60 Å². The minimum atomic E-state index is -0.503. The summed E-state index contributed by atoms with van der Waals surface area (Å²) in [6, 6.07) is 1.78. The topological polar surface area (TPSA) is 66.0 Å². The van der Waals surface area contributed by atoms with E-state index in [1.165, 1.54) is 0 Å². The normalized spacial score (nSPS) is 18.2. The number of halogens is 1. The standard InChI is InChI=1S/C17H23ClN4O3/c1-17(2,3)25-16(24)21-8-6-20(7-9-21)15-13(10-12(18)11-19-15)22-5-4-14(22)23/h10-11H,4-9H2,1-3H3. The van der Waals surface area contributed by atoms with Crippen molar-refractivity contribution >= 4 is 35.1 Å². The van der Waals surface area contributed by atoms with Gasteiger partial charge in [0.25, 0.3) is 0 Å². The number of nitrogens with zero attached hydrogens (tertiary/aromatic N) is 4. The van der Waals surface area contributed by atoms with Gasteiger partial charge in [0.15, 0.2) is 5.82 Å². The molecule has 0 saturated carbocycles. The molecule has 0 radical (unpaired) electrons. The van der Waals surface area contributed by atoms with Crippen molar-refractivity contribution in [2.24, 2.45) is 0 Å². The van der Waals surface area contributed by atoms with Crippen molar-refractivity contribution in [3.63, 3.8) is 0 Å². The number of ether oxygens (including phenoxy) is 1. The SMILES string of the molecule is CC(C)(C)OC(=O)N1CCN(c2ncc(Cl)cc2N2CCC2=O)CC1. The summed E-state index contributed by atoms with van der Waals surface area (Å²) in [5.74, 6) is 0.819. The third kappa shape index (κ3) is 3.98. The van der Waals surface area contributed by atoms with E-state index >= 15 is 0 Å². The van der Waals surface area contributed by atoms with Gasteiger partial charge in [0, 0.05) is 45.3 Å². The molecule has 0 aromatic carbocycles. The molecule has 0 aliphatic carbocycles. The maximum absolute atomic E-state index is 12.2. The van der Waals surface area contributed by atoms with Crippen LogP contribution in [0.15, 0.2) is 12.3 Å². The van der Waals surface area contributed by atoms with E-state index in [2.05, 4.69) is 9.88 Å². The quantitative estimate of drug-likeness (QED) is 0.752. The first-order valence-electron chi connectivity index (χ1n) is 8.43. The van der Waals surface area contributed by atoms with Crippen LogP contribution in [0.5, 0.6) is 0 Å². The summed E-state index contributed by atoms with van der Waals surface area (Å²) in [5, 5.41) is 0.505. The lowest BCUT2D eigenvalue weighted by Gasteiger charge is -2.39. The number of rotatable bonds is 2. The summed E-state index contributed by atoms with van der Waals surface area (Å²) < 4.78 is 5.42. The van der Waals surface area contributed by atoms with Crippen molar-refractivity contribution in [3.05, 3.63) is 17.3 Å². The predicted molar refractivity (Wildman–Crippen MR) is 96.2 cm³/mol. The lowest BCUT2D eigenvalue weighted by molar-refractivity contribution is -0.122. The molecule has 2 aliphatic heterocycles. The van der Waals surface area contributed by atoms with Gasteiger partial charge in [-0.05, 0) is 26.8 Å². The average molecular weight is 367 g/mol. The molecule has 1 aromatic heterocycles. The number of hydrogen-bond acceptors (Lipinski definition) is 5. The molecule has 2 saturated heterocycles. The summed E-state index contributed by atoms with van der Waals surface area (Å²) in [6.45, 7) is 8.61. The molecule has 1 aromatic rings. The first-order valence-corrected chi connectivity index (χ1v) is 8.81. The van der Waals surface area contributed by atoms with Crippen molar-refractivity contribution in [1.29, 1.82) is 0 Å². The number of anilines is 2. The molecular formula is C17H23ClN4O3. The fourth-order valence-electron chi connectivity index (χ4n) is 2.86. The van der Waals surface area contributed by atoms with Crippen LogP contribution in [0.2, 0.25) is 5.02 Å². The lowest BCUT2D eigenvalue weighted by atomic mass is 10.1. The Morgan fingerprint density at radius 1 is 1.20 bits per heavy atom. The number of aromatic nitrogens is 1. The number of piperazine rings is 1. The van der Waals surface area contributed by atoms with Crippen LogP contribution in [-0.2, 0) is 9.53 Å². The minimum absolute atomic E-state index is 0.0812. The van der Waals surface area contributed by atoms with E-state index in [4.69, 9.17) is 16.3 Å². The average Bonchev–Trinajstić information content (AvgIpc) is 2.52. The minimum Gasteiger partial charge on any atom is -0.444 e. The van der Waals surface area contributed by atoms with Gasteiger partial charge in [-0.25, -0.2) is 9.78 Å². The van der Waals surface area contributed by atoms with Gasteiger partial charge < -0.3 is 19.4 Å². The summed E-state index contributed by atoms with van der Waals surface area (Å²) >= 11 is 6.07. The molecule has 7 nitrogen and oxygen atoms in total. The van der Waals surface area contributed by atoms with Gasteiger partial charge in [-0.15, -0.1) is 0 Å². The molecule has 0 unspecified atom stereocenters. The van der Waals surface area contributed by atoms with Crippen molar-refractivity contribution in [1.82, 2.24) is 9.88 Å². The second kappa shape index (κ2) is 6.71. The molecule has 3 rings (SSSR count). The largest absolute Gasteiger partial charge is 0.444 e. The monoisotopic (exact) mass is 366 g/mol. The van der Waals surface area contributed by atoms with Crippen LogP contribution in [0, 0.1) is 0 Å². The first kappa shape index (κ1) is 17.8. The van der Waals surface area contributed by atoms with Gasteiger partial charge >= 0.3 is 6.09 Å². The molecule has 25 heavy (non-hydrogen) atoms. The first-order chi connectivity index (χ1) is 11.7. The van der Waals surface area contributed by atoms with Crippen LogP contribution >= 0.6 is 11.6 Å². The van der Waals surface area contributed by atoms with Crippen LogP contribution in [-0.4, -0.2) is 60.2 Å². The van der Waals surface area contributed by atoms with Crippen LogP contribution in [0.25, 0.3) is 0 Å². The van der Waals surface area contributed by atoms with Crippen molar-refractivity contribution in [3.8, 4) is 0 Å². The predicted octanol–water partition coefficient (Wildman–Crippen LogP) is 2.53. The Morgan fingerprint density at radius 3 is 2.40 bits per heavy atom. The molecule has 2 amide bonds. The van der Waals surface area contributed by atoms with Crippen LogP contribution in [0.1, 0.15) is 27.2 Å². The molecule has 3 heterocycles. The van der Waals surface area contributed by atoms with E-state index in [1.807, 2.05) is 20.8 Å². The highest BCUT2D eigenvalue weighted by molar-refractivity contribution is 6.31. The fraction of sp³-hybridized carbons (Fsp3) is 0.588. The van der Waals surface area contributed by atoms with E-state index in [9.17, 15) is 9.59 Å². The van der Waals surface area contributed by atoms with Gasteiger partial charge in [0.2, 0.25) is 5.91 Å². The molecular weight excluding hydrogens is 344 g/mol. The van der Waals surface area contributed by atoms with Gasteiger partial charge in [-0.2, -0.15) is 0 Å². The van der Waals surface area contributed by atoms with E-state index in [1.54, 1.807) is 22.1 Å². The lowest BCUT2D eigenvalue weighted by Crippen LogP contribution is -2.51. The van der Waals surface area contributed by atoms with Gasteiger partial charge in [0.1, 0.15) is 5.60 Å². The van der Waals surface area contributed by atoms with E-state index in [0.29, 0.717) is 44.2 Å². The molecule has 0 N–H and O–H groups in total. The number of hydrogen-bond donors (Lipinski definition) is 0. The fourth-order valence-corrected chi connectivity index (χ4v) is 3.01. The smallest absolute Gasteiger partial charge is 0.410 e. The Hall–Kier alpha value is -2.02.